The molecule has 3 aromatic carbocycles. The second kappa shape index (κ2) is 10.8. The van der Waals surface area contributed by atoms with Crippen LogP contribution in [-0.4, -0.2) is 30.9 Å². The van der Waals surface area contributed by atoms with Crippen molar-refractivity contribution in [3.8, 4) is 11.5 Å². The van der Waals surface area contributed by atoms with E-state index < -0.39 is 58.1 Å². The molecule has 0 spiro atoms. The number of hydrogen-bond donors (Lipinski definition) is 0. The minimum atomic E-state index is -1.98. The molecule has 35 heavy (non-hydrogen) atoms. The lowest BCUT2D eigenvalue weighted by atomic mass is 10.0. The zero-order chi connectivity index (χ0) is 25.7. The third kappa shape index (κ3) is 5.32. The highest BCUT2D eigenvalue weighted by atomic mass is 19.2. The molecule has 3 rings (SSSR count). The molecule has 0 amide bonds. The highest BCUT2D eigenvalue weighted by Gasteiger charge is 2.31. The van der Waals surface area contributed by atoms with Crippen LogP contribution < -0.4 is 4.74 Å². The summed E-state index contributed by atoms with van der Waals surface area (Å²) in [5.41, 5.74) is -2.12. The van der Waals surface area contributed by atoms with Crippen LogP contribution in [0.2, 0.25) is 0 Å². The van der Waals surface area contributed by atoms with Gasteiger partial charge in [-0.15, -0.1) is 0 Å². The summed E-state index contributed by atoms with van der Waals surface area (Å²) in [7, 11) is 0. The first kappa shape index (κ1) is 25.4. The molecule has 0 atom stereocenters. The molecule has 0 aromatic heterocycles. The van der Waals surface area contributed by atoms with E-state index >= 15 is 0 Å². The fraction of sp³-hybridized carbons (Fsp3) is 0.160. The number of hydrogen-bond acceptors (Lipinski definition) is 6. The molecule has 10 heteroatoms. The molecule has 6 nitrogen and oxygen atoms in total. The Bertz CT molecular complexity index is 1230. The summed E-state index contributed by atoms with van der Waals surface area (Å²) in [4.78, 5) is 36.8. The Labute approximate surface area is 197 Å². The van der Waals surface area contributed by atoms with Crippen LogP contribution >= 0.6 is 0 Å². The van der Waals surface area contributed by atoms with Gasteiger partial charge < -0.3 is 14.2 Å². The predicted molar refractivity (Wildman–Crippen MR) is 115 cm³/mol. The van der Waals surface area contributed by atoms with Gasteiger partial charge in [-0.1, -0.05) is 30.3 Å². The number of carbonyl (C=O) groups is 3. The first-order valence-electron chi connectivity index (χ1n) is 10.3. The van der Waals surface area contributed by atoms with Gasteiger partial charge in [0.25, 0.3) is 0 Å². The average Bonchev–Trinajstić information content (AvgIpc) is 2.86. The van der Waals surface area contributed by atoms with Crippen LogP contribution in [0.15, 0.2) is 48.5 Å². The number of ether oxygens (including phenoxy) is 3. The van der Waals surface area contributed by atoms with Gasteiger partial charge >= 0.3 is 11.9 Å². The van der Waals surface area contributed by atoms with Gasteiger partial charge in [0.05, 0.1) is 24.3 Å². The summed E-state index contributed by atoms with van der Waals surface area (Å²) in [6, 6.07) is 9.81. The maximum absolute atomic E-state index is 14.8. The summed E-state index contributed by atoms with van der Waals surface area (Å²) in [5.74, 6) is -13.0. The Morgan fingerprint density at radius 1 is 0.686 bits per heavy atom. The van der Waals surface area contributed by atoms with Crippen molar-refractivity contribution in [3.63, 3.8) is 0 Å². The lowest BCUT2D eigenvalue weighted by Crippen LogP contribution is -2.13. The molecule has 0 aliphatic heterocycles. The molecular formula is C25H18F4O6. The summed E-state index contributed by atoms with van der Waals surface area (Å²) < 4.78 is 73.7. The highest BCUT2D eigenvalue weighted by Crippen LogP contribution is 2.35. The molecule has 0 radical (unpaired) electrons. The standard InChI is InChI=1S/C25H18F4O6/c1-3-33-24(31)14-10-15(25(32)34-4-2)12-16(11-14)35-23-20(28)18(26)17(19(27)21(23)29)22(30)13-8-6-5-7-9-13/h5-12H,3-4H2,1-2H3. The molecule has 0 bridgehead atoms. The molecule has 0 unspecified atom stereocenters. The largest absolute Gasteiger partial charge is 0.462 e. The number of ketones is 1. The number of carbonyl (C=O) groups excluding carboxylic acids is 3. The minimum absolute atomic E-state index is 0.0186. The van der Waals surface area contributed by atoms with Gasteiger partial charge in [0.15, 0.2) is 17.4 Å². The third-order valence-corrected chi connectivity index (χ3v) is 4.63. The van der Waals surface area contributed by atoms with Crippen molar-refractivity contribution in [1.82, 2.24) is 0 Å². The Hall–Kier alpha value is -4.21. The van der Waals surface area contributed by atoms with Crippen LogP contribution in [0.4, 0.5) is 17.6 Å². The van der Waals surface area contributed by atoms with E-state index in [1.807, 2.05) is 0 Å². The number of esters is 2. The van der Waals surface area contributed by atoms with Gasteiger partial charge in [-0.2, -0.15) is 8.78 Å². The van der Waals surface area contributed by atoms with Gasteiger partial charge in [0, 0.05) is 5.56 Å². The second-order valence-electron chi connectivity index (χ2n) is 6.94. The van der Waals surface area contributed by atoms with Crippen molar-refractivity contribution in [2.75, 3.05) is 13.2 Å². The number of halogens is 4. The van der Waals surface area contributed by atoms with Gasteiger partial charge in [-0.3, -0.25) is 4.79 Å². The molecular weight excluding hydrogens is 472 g/mol. The van der Waals surface area contributed by atoms with Crippen LogP contribution in [0.25, 0.3) is 0 Å². The van der Waals surface area contributed by atoms with Gasteiger partial charge in [0.1, 0.15) is 11.3 Å². The van der Waals surface area contributed by atoms with E-state index in [1.165, 1.54) is 44.2 Å². The SMILES string of the molecule is CCOC(=O)c1cc(Oc2c(F)c(F)c(C(=O)c3ccccc3)c(F)c2F)cc(C(=O)OCC)c1. The molecule has 0 fully saturated rings. The van der Waals surface area contributed by atoms with E-state index in [2.05, 4.69) is 0 Å². The Kier molecular flexibility index (Phi) is 7.85. The fourth-order valence-electron chi connectivity index (χ4n) is 3.07. The van der Waals surface area contributed by atoms with Gasteiger partial charge in [-0.05, 0) is 32.0 Å². The Morgan fingerprint density at radius 3 is 1.63 bits per heavy atom. The van der Waals surface area contributed by atoms with Crippen molar-refractivity contribution in [1.29, 1.82) is 0 Å². The van der Waals surface area contributed by atoms with E-state index in [1.54, 1.807) is 0 Å². The molecule has 0 N–H and O–H groups in total. The second-order valence-corrected chi connectivity index (χ2v) is 6.94. The maximum atomic E-state index is 14.8. The molecule has 0 heterocycles. The van der Waals surface area contributed by atoms with Crippen molar-refractivity contribution < 1.29 is 46.2 Å². The smallest absolute Gasteiger partial charge is 0.338 e. The third-order valence-electron chi connectivity index (χ3n) is 4.63. The molecule has 0 saturated carbocycles. The maximum Gasteiger partial charge on any atom is 0.338 e. The van der Waals surface area contributed by atoms with Crippen molar-refractivity contribution >= 4 is 17.7 Å². The monoisotopic (exact) mass is 490 g/mol. The molecule has 0 aliphatic rings. The lowest BCUT2D eigenvalue weighted by Gasteiger charge is -2.14. The van der Waals surface area contributed by atoms with Crippen LogP contribution in [0.1, 0.15) is 50.5 Å². The van der Waals surface area contributed by atoms with E-state index in [0.717, 1.165) is 18.2 Å². The zero-order valence-electron chi connectivity index (χ0n) is 18.5. The normalized spacial score (nSPS) is 10.6. The molecule has 0 aliphatic carbocycles. The topological polar surface area (TPSA) is 78.9 Å². The minimum Gasteiger partial charge on any atom is -0.462 e. The van der Waals surface area contributed by atoms with Crippen LogP contribution in [0, 0.1) is 23.3 Å². The summed E-state index contributed by atoms with van der Waals surface area (Å²) in [6.07, 6.45) is 0. The Morgan fingerprint density at radius 2 is 1.17 bits per heavy atom. The van der Waals surface area contributed by atoms with Gasteiger partial charge in [0.2, 0.25) is 17.4 Å². The number of rotatable bonds is 8. The first-order valence-corrected chi connectivity index (χ1v) is 10.3. The summed E-state index contributed by atoms with van der Waals surface area (Å²) >= 11 is 0. The van der Waals surface area contributed by atoms with Crippen LogP contribution in [0.5, 0.6) is 11.5 Å². The van der Waals surface area contributed by atoms with Crippen molar-refractivity contribution in [3.05, 3.63) is 94.1 Å². The van der Waals surface area contributed by atoms with Gasteiger partial charge in [-0.25, -0.2) is 18.4 Å². The van der Waals surface area contributed by atoms with Crippen LogP contribution in [-0.2, 0) is 9.47 Å². The molecule has 0 saturated heterocycles. The number of benzene rings is 3. The summed E-state index contributed by atoms with van der Waals surface area (Å²) in [5, 5.41) is 0. The van der Waals surface area contributed by atoms with Crippen molar-refractivity contribution in [2.45, 2.75) is 13.8 Å². The van der Waals surface area contributed by atoms with E-state index in [9.17, 15) is 31.9 Å². The predicted octanol–water partition coefficient (Wildman–Crippen LogP) is 5.62. The Balaban J connectivity index is 2.09. The van der Waals surface area contributed by atoms with E-state index in [4.69, 9.17) is 14.2 Å². The quantitative estimate of drug-likeness (QED) is 0.177. The highest BCUT2D eigenvalue weighted by molar-refractivity contribution is 6.09. The first-order chi connectivity index (χ1) is 16.7. The summed E-state index contributed by atoms with van der Waals surface area (Å²) in [6.45, 7) is 3.02. The van der Waals surface area contributed by atoms with E-state index in [0.29, 0.717) is 0 Å². The molecule has 182 valence electrons. The average molecular weight is 490 g/mol. The molecule has 3 aromatic rings. The lowest BCUT2D eigenvalue weighted by molar-refractivity contribution is 0.0524. The fourth-order valence-corrected chi connectivity index (χ4v) is 3.07. The van der Waals surface area contributed by atoms with Crippen LogP contribution in [0.3, 0.4) is 0 Å². The van der Waals surface area contributed by atoms with Crippen molar-refractivity contribution in [2.24, 2.45) is 0 Å². The van der Waals surface area contributed by atoms with E-state index in [-0.39, 0.29) is 29.9 Å². The zero-order valence-corrected chi connectivity index (χ0v) is 18.5.